The average Bonchev–Trinajstić information content (AvgIpc) is 3.05. The van der Waals surface area contributed by atoms with Gasteiger partial charge in [0.2, 0.25) is 0 Å². The van der Waals surface area contributed by atoms with Crippen molar-refractivity contribution in [2.75, 3.05) is 33.2 Å². The molecule has 0 radical (unpaired) electrons. The van der Waals surface area contributed by atoms with Crippen LogP contribution >= 0.6 is 0 Å². The van der Waals surface area contributed by atoms with E-state index in [9.17, 15) is 0 Å². The quantitative estimate of drug-likeness (QED) is 0.671. The van der Waals surface area contributed by atoms with E-state index in [-0.39, 0.29) is 0 Å². The molecule has 0 unspecified atom stereocenters. The first-order valence-electron chi connectivity index (χ1n) is 7.12. The zero-order chi connectivity index (χ0) is 11.2. The zero-order valence-corrected chi connectivity index (χ0v) is 10.9. The first-order chi connectivity index (χ1) is 7.70. The number of hydrogen-bond donors (Lipinski definition) is 0. The van der Waals surface area contributed by atoms with Gasteiger partial charge in [0.1, 0.15) is 0 Å². The molecule has 1 aliphatic carbocycles. The second-order valence-electron chi connectivity index (χ2n) is 6.54. The Hall–Kier alpha value is -0.0800. The molecule has 0 bridgehead atoms. The molecule has 0 amide bonds. The van der Waals surface area contributed by atoms with E-state index < -0.39 is 0 Å². The number of rotatable bonds is 1. The Kier molecular flexibility index (Phi) is 2.75. The van der Waals surface area contributed by atoms with E-state index in [0.717, 1.165) is 17.4 Å². The average molecular weight is 222 g/mol. The van der Waals surface area contributed by atoms with Gasteiger partial charge in [-0.3, -0.25) is 4.90 Å². The fraction of sp³-hybridized carbons (Fsp3) is 1.00. The Morgan fingerprint density at radius 3 is 2.25 bits per heavy atom. The molecule has 2 heteroatoms. The Morgan fingerprint density at radius 2 is 1.69 bits per heavy atom. The summed E-state index contributed by atoms with van der Waals surface area (Å²) in [5, 5.41) is 0. The highest BCUT2D eigenvalue weighted by molar-refractivity contribution is 5.01. The van der Waals surface area contributed by atoms with Gasteiger partial charge in [-0.1, -0.05) is 6.92 Å². The molecule has 1 atom stereocenters. The van der Waals surface area contributed by atoms with Crippen LogP contribution in [0.25, 0.3) is 0 Å². The van der Waals surface area contributed by atoms with Crippen molar-refractivity contribution < 1.29 is 0 Å². The lowest BCUT2D eigenvalue weighted by Gasteiger charge is -2.44. The molecule has 3 fully saturated rings. The fourth-order valence-electron chi connectivity index (χ4n) is 3.84. The van der Waals surface area contributed by atoms with Crippen LogP contribution in [0.1, 0.15) is 39.0 Å². The highest BCUT2D eigenvalue weighted by Crippen LogP contribution is 2.57. The molecule has 3 aliphatic rings. The molecule has 0 aromatic rings. The minimum atomic E-state index is 0.807. The van der Waals surface area contributed by atoms with Crippen LogP contribution in [0.4, 0.5) is 0 Å². The van der Waals surface area contributed by atoms with Gasteiger partial charge in [-0.2, -0.15) is 0 Å². The zero-order valence-electron chi connectivity index (χ0n) is 10.9. The van der Waals surface area contributed by atoms with Crippen molar-refractivity contribution in [3.05, 3.63) is 0 Å². The molecule has 2 heterocycles. The normalized spacial score (nSPS) is 36.8. The molecule has 1 spiro atoms. The van der Waals surface area contributed by atoms with E-state index in [1.807, 2.05) is 0 Å². The van der Waals surface area contributed by atoms with E-state index in [2.05, 4.69) is 23.8 Å². The lowest BCUT2D eigenvalue weighted by molar-refractivity contribution is 0.0486. The number of piperidine rings is 2. The molecule has 1 saturated carbocycles. The Bertz CT molecular complexity index is 251. The van der Waals surface area contributed by atoms with E-state index in [1.165, 1.54) is 58.3 Å². The van der Waals surface area contributed by atoms with Gasteiger partial charge in [-0.15, -0.1) is 0 Å². The van der Waals surface area contributed by atoms with Crippen LogP contribution < -0.4 is 0 Å². The Morgan fingerprint density at radius 1 is 1.00 bits per heavy atom. The summed E-state index contributed by atoms with van der Waals surface area (Å²) >= 11 is 0. The predicted molar refractivity (Wildman–Crippen MR) is 67.5 cm³/mol. The molecule has 0 N–H and O–H groups in total. The number of hydrogen-bond acceptors (Lipinski definition) is 2. The van der Waals surface area contributed by atoms with Gasteiger partial charge in [0.25, 0.3) is 0 Å². The van der Waals surface area contributed by atoms with Gasteiger partial charge in [0.05, 0.1) is 0 Å². The molecular formula is C14H26N2. The van der Waals surface area contributed by atoms with Crippen molar-refractivity contribution in [1.82, 2.24) is 9.80 Å². The van der Waals surface area contributed by atoms with Crippen LogP contribution in [0, 0.1) is 11.3 Å². The van der Waals surface area contributed by atoms with Crippen LogP contribution in [0.5, 0.6) is 0 Å². The summed E-state index contributed by atoms with van der Waals surface area (Å²) in [6.45, 7) is 7.88. The maximum atomic E-state index is 2.81. The summed E-state index contributed by atoms with van der Waals surface area (Å²) in [6.07, 6.45) is 7.33. The second kappa shape index (κ2) is 3.99. The van der Waals surface area contributed by atoms with Crippen molar-refractivity contribution in [1.29, 1.82) is 0 Å². The van der Waals surface area contributed by atoms with Crippen molar-refractivity contribution in [3.8, 4) is 0 Å². The summed E-state index contributed by atoms with van der Waals surface area (Å²) in [6, 6.07) is 0.898. The fourth-order valence-corrected chi connectivity index (χ4v) is 3.84. The van der Waals surface area contributed by atoms with Crippen LogP contribution in [-0.2, 0) is 0 Å². The minimum Gasteiger partial charge on any atom is -0.306 e. The van der Waals surface area contributed by atoms with Crippen LogP contribution in [0.3, 0.4) is 0 Å². The van der Waals surface area contributed by atoms with E-state index >= 15 is 0 Å². The molecule has 3 rings (SSSR count). The third-order valence-corrected chi connectivity index (χ3v) is 5.55. The molecule has 2 saturated heterocycles. The molecule has 92 valence electrons. The molecular weight excluding hydrogens is 196 g/mol. The summed E-state index contributed by atoms with van der Waals surface area (Å²) in [5.74, 6) is 0.959. The lowest BCUT2D eigenvalue weighted by atomic mass is 9.82. The largest absolute Gasteiger partial charge is 0.306 e. The van der Waals surface area contributed by atoms with Gasteiger partial charge >= 0.3 is 0 Å². The standard InChI is InChI=1S/C14H26N2/c1-12-11-16(10-7-14(12)5-6-14)13-3-8-15(2)9-4-13/h12-13H,3-11H2,1-2H3/t12-/m1/s1. The highest BCUT2D eigenvalue weighted by atomic mass is 15.2. The van der Waals surface area contributed by atoms with Crippen LogP contribution in [0.2, 0.25) is 0 Å². The van der Waals surface area contributed by atoms with Crippen molar-refractivity contribution in [2.45, 2.75) is 45.1 Å². The molecule has 0 aromatic heterocycles. The molecule has 0 aromatic carbocycles. The first kappa shape index (κ1) is 11.0. The topological polar surface area (TPSA) is 6.48 Å². The van der Waals surface area contributed by atoms with E-state index in [0.29, 0.717) is 0 Å². The van der Waals surface area contributed by atoms with Gasteiger partial charge < -0.3 is 4.90 Å². The van der Waals surface area contributed by atoms with Crippen molar-refractivity contribution in [3.63, 3.8) is 0 Å². The smallest absolute Gasteiger partial charge is 0.0120 e. The summed E-state index contributed by atoms with van der Waals surface area (Å²) < 4.78 is 0. The maximum Gasteiger partial charge on any atom is 0.0120 e. The van der Waals surface area contributed by atoms with Gasteiger partial charge in [0, 0.05) is 12.6 Å². The SMILES string of the molecule is C[C@@H]1CN(C2CCN(C)CC2)CCC12CC2. The van der Waals surface area contributed by atoms with Gasteiger partial charge in [-0.05, 0) is 70.1 Å². The van der Waals surface area contributed by atoms with E-state index in [4.69, 9.17) is 0 Å². The number of nitrogens with zero attached hydrogens (tertiary/aromatic N) is 2. The lowest BCUT2D eigenvalue weighted by Crippen LogP contribution is -2.49. The first-order valence-corrected chi connectivity index (χ1v) is 7.12. The van der Waals surface area contributed by atoms with Crippen molar-refractivity contribution >= 4 is 0 Å². The van der Waals surface area contributed by atoms with E-state index in [1.54, 1.807) is 0 Å². The van der Waals surface area contributed by atoms with Crippen molar-refractivity contribution in [2.24, 2.45) is 11.3 Å². The molecule has 2 aliphatic heterocycles. The third kappa shape index (κ3) is 1.91. The molecule has 2 nitrogen and oxygen atoms in total. The minimum absolute atomic E-state index is 0.807. The Balaban J connectivity index is 1.56. The van der Waals surface area contributed by atoms with Gasteiger partial charge in [0.15, 0.2) is 0 Å². The summed E-state index contributed by atoms with van der Waals surface area (Å²) in [4.78, 5) is 5.29. The summed E-state index contributed by atoms with van der Waals surface area (Å²) in [5.41, 5.74) is 0.807. The molecule has 16 heavy (non-hydrogen) atoms. The second-order valence-corrected chi connectivity index (χ2v) is 6.54. The monoisotopic (exact) mass is 222 g/mol. The third-order valence-electron chi connectivity index (χ3n) is 5.55. The van der Waals surface area contributed by atoms with Crippen LogP contribution in [-0.4, -0.2) is 49.1 Å². The highest BCUT2D eigenvalue weighted by Gasteiger charge is 2.50. The maximum absolute atomic E-state index is 2.81. The van der Waals surface area contributed by atoms with Crippen LogP contribution in [0.15, 0.2) is 0 Å². The number of likely N-dealkylation sites (tertiary alicyclic amines) is 2. The Labute approximate surface area is 100.0 Å². The predicted octanol–water partition coefficient (Wildman–Crippen LogP) is 2.20. The van der Waals surface area contributed by atoms with Gasteiger partial charge in [-0.25, -0.2) is 0 Å². The summed E-state index contributed by atoms with van der Waals surface area (Å²) in [7, 11) is 2.26.